The van der Waals surface area contributed by atoms with Crippen LogP contribution in [0.1, 0.15) is 32.1 Å². The first-order valence-corrected chi connectivity index (χ1v) is 12.7. The van der Waals surface area contributed by atoms with Gasteiger partial charge in [0.1, 0.15) is 29.7 Å². The molecule has 0 unspecified atom stereocenters. The summed E-state index contributed by atoms with van der Waals surface area (Å²) < 4.78 is 11.4. The lowest BCUT2D eigenvalue weighted by Crippen LogP contribution is -2.19. The van der Waals surface area contributed by atoms with Gasteiger partial charge in [0.25, 0.3) is 5.91 Å². The molecular formula is C28H27N5O4S. The number of nitrogens with zero attached hydrogens (tertiary/aromatic N) is 3. The maximum Gasteiger partial charge on any atom is 0.257 e. The molecule has 0 saturated heterocycles. The highest BCUT2D eigenvalue weighted by molar-refractivity contribution is 7.15. The third kappa shape index (κ3) is 7.97. The van der Waals surface area contributed by atoms with Crippen LogP contribution in [0.3, 0.4) is 0 Å². The standard InChI is InChI=1S/C28H27N5O4S/c1-19-10-12-22(13-11-19)36-14-15-37-23-8-5-7-21(16-23)18-29-31-25(34)17-26-32-33-28(38-26)30-27(35)24-9-4-3-6-20(24)2/h3-13,16,18H,14-15,17H2,1-2H3,(H,31,34)(H,30,33,35)/b29-18+. The Balaban J connectivity index is 1.20. The number of rotatable bonds is 11. The number of nitrogens with one attached hydrogen (secondary N) is 2. The monoisotopic (exact) mass is 529 g/mol. The van der Waals surface area contributed by atoms with Crippen molar-refractivity contribution in [3.05, 3.63) is 100 Å². The Labute approximate surface area is 224 Å². The number of hydrogen-bond acceptors (Lipinski definition) is 8. The van der Waals surface area contributed by atoms with Crippen LogP contribution in [0.15, 0.2) is 77.9 Å². The molecule has 0 atom stereocenters. The molecule has 2 amide bonds. The Kier molecular flexibility index (Phi) is 9.14. The van der Waals surface area contributed by atoms with Crippen molar-refractivity contribution >= 4 is 34.5 Å². The minimum absolute atomic E-state index is 0.0145. The van der Waals surface area contributed by atoms with E-state index in [-0.39, 0.29) is 18.2 Å². The number of ether oxygens (including phenoxy) is 2. The largest absolute Gasteiger partial charge is 0.490 e. The first kappa shape index (κ1) is 26.5. The Morgan fingerprint density at radius 2 is 1.68 bits per heavy atom. The van der Waals surface area contributed by atoms with Gasteiger partial charge in [0.2, 0.25) is 11.0 Å². The van der Waals surface area contributed by atoms with Crippen LogP contribution in [0.4, 0.5) is 5.13 Å². The lowest BCUT2D eigenvalue weighted by Gasteiger charge is -2.09. The highest BCUT2D eigenvalue weighted by Crippen LogP contribution is 2.18. The van der Waals surface area contributed by atoms with E-state index in [1.807, 2.05) is 74.5 Å². The number of hydrogen-bond donors (Lipinski definition) is 2. The van der Waals surface area contributed by atoms with Crippen molar-refractivity contribution in [3.8, 4) is 11.5 Å². The van der Waals surface area contributed by atoms with E-state index in [9.17, 15) is 9.59 Å². The third-order valence-corrected chi connectivity index (χ3v) is 6.13. The van der Waals surface area contributed by atoms with Crippen molar-refractivity contribution < 1.29 is 19.1 Å². The molecule has 0 radical (unpaired) electrons. The van der Waals surface area contributed by atoms with Gasteiger partial charge in [-0.15, -0.1) is 10.2 Å². The molecule has 9 nitrogen and oxygen atoms in total. The number of aryl methyl sites for hydroxylation is 2. The average Bonchev–Trinajstić information content (AvgIpc) is 3.34. The summed E-state index contributed by atoms with van der Waals surface area (Å²) in [5, 5.41) is 15.4. The van der Waals surface area contributed by atoms with Crippen molar-refractivity contribution in [1.29, 1.82) is 0 Å². The second-order valence-electron chi connectivity index (χ2n) is 8.32. The molecule has 194 valence electrons. The molecule has 4 aromatic rings. The number of benzene rings is 3. The summed E-state index contributed by atoms with van der Waals surface area (Å²) in [5.74, 6) is 0.842. The quantitative estimate of drug-likeness (QED) is 0.167. The number of hydrazone groups is 1. The number of carbonyl (C=O) groups is 2. The van der Waals surface area contributed by atoms with E-state index in [1.165, 1.54) is 11.8 Å². The molecule has 1 heterocycles. The highest BCUT2D eigenvalue weighted by atomic mass is 32.1. The topological polar surface area (TPSA) is 115 Å². The van der Waals surface area contributed by atoms with Gasteiger partial charge in [0.05, 0.1) is 12.6 Å². The van der Waals surface area contributed by atoms with Crippen LogP contribution in [0.25, 0.3) is 0 Å². The predicted octanol–water partition coefficient (Wildman–Crippen LogP) is 4.56. The van der Waals surface area contributed by atoms with Crippen LogP contribution in [-0.4, -0.2) is 41.4 Å². The Morgan fingerprint density at radius 3 is 2.47 bits per heavy atom. The van der Waals surface area contributed by atoms with Crippen molar-refractivity contribution in [2.45, 2.75) is 20.3 Å². The van der Waals surface area contributed by atoms with Crippen LogP contribution < -0.4 is 20.2 Å². The molecule has 0 aliphatic carbocycles. The first-order chi connectivity index (χ1) is 18.5. The van der Waals surface area contributed by atoms with Gasteiger partial charge in [0.15, 0.2) is 0 Å². The van der Waals surface area contributed by atoms with Gasteiger partial charge in [-0.2, -0.15) is 5.10 Å². The summed E-state index contributed by atoms with van der Waals surface area (Å²) in [6.07, 6.45) is 1.51. The summed E-state index contributed by atoms with van der Waals surface area (Å²) in [6, 6.07) is 22.4. The molecule has 0 aliphatic rings. The van der Waals surface area contributed by atoms with Gasteiger partial charge in [0, 0.05) is 5.56 Å². The summed E-state index contributed by atoms with van der Waals surface area (Å²) in [7, 11) is 0. The van der Waals surface area contributed by atoms with Crippen molar-refractivity contribution in [2.24, 2.45) is 5.10 Å². The summed E-state index contributed by atoms with van der Waals surface area (Å²) >= 11 is 1.14. The van der Waals surface area contributed by atoms with Gasteiger partial charge in [-0.05, 0) is 55.3 Å². The van der Waals surface area contributed by atoms with E-state index in [4.69, 9.17) is 9.47 Å². The number of anilines is 1. The molecule has 3 aromatic carbocycles. The van der Waals surface area contributed by atoms with Crippen LogP contribution in [0, 0.1) is 13.8 Å². The van der Waals surface area contributed by atoms with Gasteiger partial charge < -0.3 is 9.47 Å². The summed E-state index contributed by atoms with van der Waals surface area (Å²) in [5.41, 5.74) is 5.83. The van der Waals surface area contributed by atoms with Crippen LogP contribution in [-0.2, 0) is 11.2 Å². The predicted molar refractivity (Wildman–Crippen MR) is 147 cm³/mol. The number of aromatic nitrogens is 2. The van der Waals surface area contributed by atoms with E-state index < -0.39 is 0 Å². The SMILES string of the molecule is Cc1ccc(OCCOc2cccc(/C=N/NC(=O)Cc3nnc(NC(=O)c4ccccc4C)s3)c2)cc1. The maximum absolute atomic E-state index is 12.4. The third-order valence-electron chi connectivity index (χ3n) is 5.29. The van der Waals surface area contributed by atoms with Gasteiger partial charge >= 0.3 is 0 Å². The molecule has 38 heavy (non-hydrogen) atoms. The zero-order chi connectivity index (χ0) is 26.7. The molecule has 0 spiro atoms. The highest BCUT2D eigenvalue weighted by Gasteiger charge is 2.13. The molecular weight excluding hydrogens is 502 g/mol. The molecule has 0 fully saturated rings. The normalized spacial score (nSPS) is 10.8. The van der Waals surface area contributed by atoms with E-state index in [0.717, 1.165) is 28.2 Å². The number of carbonyl (C=O) groups excluding carboxylic acids is 2. The van der Waals surface area contributed by atoms with E-state index in [2.05, 4.69) is 26.0 Å². The lowest BCUT2D eigenvalue weighted by molar-refractivity contribution is -0.120. The van der Waals surface area contributed by atoms with E-state index >= 15 is 0 Å². The van der Waals surface area contributed by atoms with Crippen molar-refractivity contribution in [2.75, 3.05) is 18.5 Å². The van der Waals surface area contributed by atoms with Crippen molar-refractivity contribution in [3.63, 3.8) is 0 Å². The zero-order valence-electron chi connectivity index (χ0n) is 21.0. The van der Waals surface area contributed by atoms with Gasteiger partial charge in [-0.3, -0.25) is 14.9 Å². The second-order valence-corrected chi connectivity index (χ2v) is 9.38. The average molecular weight is 530 g/mol. The summed E-state index contributed by atoms with van der Waals surface area (Å²) in [6.45, 7) is 4.69. The molecule has 0 aliphatic heterocycles. The first-order valence-electron chi connectivity index (χ1n) is 11.9. The van der Waals surface area contributed by atoms with Crippen LogP contribution in [0.2, 0.25) is 0 Å². The Hall–Kier alpha value is -4.57. The molecule has 4 rings (SSSR count). The second kappa shape index (κ2) is 13.1. The fourth-order valence-electron chi connectivity index (χ4n) is 3.36. The Bertz CT molecular complexity index is 1420. The molecule has 1 aromatic heterocycles. The lowest BCUT2D eigenvalue weighted by atomic mass is 10.1. The summed E-state index contributed by atoms with van der Waals surface area (Å²) in [4.78, 5) is 24.7. The van der Waals surface area contributed by atoms with Gasteiger partial charge in [-0.1, -0.05) is 59.4 Å². The molecule has 10 heteroatoms. The minimum atomic E-state index is -0.352. The molecule has 0 bridgehead atoms. The van der Waals surface area contributed by atoms with Crippen LogP contribution >= 0.6 is 11.3 Å². The molecule has 0 saturated carbocycles. The van der Waals surface area contributed by atoms with E-state index in [0.29, 0.717) is 34.7 Å². The fourth-order valence-corrected chi connectivity index (χ4v) is 4.10. The van der Waals surface area contributed by atoms with E-state index in [1.54, 1.807) is 12.1 Å². The smallest absolute Gasteiger partial charge is 0.257 e. The zero-order valence-corrected chi connectivity index (χ0v) is 21.8. The maximum atomic E-state index is 12.4. The van der Waals surface area contributed by atoms with Crippen molar-refractivity contribution in [1.82, 2.24) is 15.6 Å². The molecule has 2 N–H and O–H groups in total. The number of amides is 2. The fraction of sp³-hybridized carbons (Fsp3) is 0.179. The minimum Gasteiger partial charge on any atom is -0.490 e. The van der Waals surface area contributed by atoms with Gasteiger partial charge in [-0.25, -0.2) is 5.43 Å². The Morgan fingerprint density at radius 1 is 0.921 bits per heavy atom. The van der Waals surface area contributed by atoms with Crippen LogP contribution in [0.5, 0.6) is 11.5 Å².